The number of benzene rings is 1. The van der Waals surface area contributed by atoms with Crippen LogP contribution in [0.4, 0.5) is 0 Å². The van der Waals surface area contributed by atoms with E-state index < -0.39 is 18.0 Å². The van der Waals surface area contributed by atoms with Crippen LogP contribution in [-0.2, 0) is 30.3 Å². The summed E-state index contributed by atoms with van der Waals surface area (Å²) in [5.74, 6) is -1.59. The Morgan fingerprint density at radius 2 is 1.73 bits per heavy atom. The molecular formula is C21H30N2O7. The Kier molecular flexibility index (Phi) is 10.4. The molecule has 0 saturated carbocycles. The molecule has 0 aliphatic rings. The number of nitrogens with one attached hydrogen (secondary N) is 1. The van der Waals surface area contributed by atoms with Crippen LogP contribution in [0.3, 0.4) is 0 Å². The van der Waals surface area contributed by atoms with Crippen molar-refractivity contribution in [3.8, 4) is 5.75 Å². The first-order chi connectivity index (χ1) is 14.2. The Balaban J connectivity index is 3.14. The quantitative estimate of drug-likeness (QED) is 0.536. The monoisotopic (exact) mass is 422 g/mol. The first-order valence-electron chi connectivity index (χ1n) is 9.83. The van der Waals surface area contributed by atoms with Crippen molar-refractivity contribution in [3.63, 3.8) is 0 Å². The molecule has 0 aliphatic carbocycles. The number of rotatable bonds is 11. The highest BCUT2D eigenvalue weighted by Crippen LogP contribution is 2.23. The van der Waals surface area contributed by atoms with E-state index in [-0.39, 0.29) is 49.4 Å². The molecule has 0 saturated heterocycles. The van der Waals surface area contributed by atoms with Gasteiger partial charge in [0.15, 0.2) is 6.61 Å². The van der Waals surface area contributed by atoms with Crippen LogP contribution in [-0.4, -0.2) is 68.1 Å². The van der Waals surface area contributed by atoms with Crippen LogP contribution in [0.1, 0.15) is 43.6 Å². The van der Waals surface area contributed by atoms with Gasteiger partial charge < -0.3 is 24.4 Å². The molecule has 1 rings (SSSR count). The van der Waals surface area contributed by atoms with E-state index in [1.165, 1.54) is 24.0 Å². The lowest BCUT2D eigenvalue weighted by atomic mass is 10.0. The third-order valence-corrected chi connectivity index (χ3v) is 4.16. The van der Waals surface area contributed by atoms with Gasteiger partial charge in [-0.3, -0.25) is 9.59 Å². The molecule has 0 bridgehead atoms. The molecule has 1 N–H and O–H groups in total. The molecule has 30 heavy (non-hydrogen) atoms. The lowest BCUT2D eigenvalue weighted by Gasteiger charge is -2.23. The van der Waals surface area contributed by atoms with Crippen LogP contribution >= 0.6 is 0 Å². The lowest BCUT2D eigenvalue weighted by molar-refractivity contribution is -0.145. The Morgan fingerprint density at radius 1 is 1.07 bits per heavy atom. The average molecular weight is 422 g/mol. The van der Waals surface area contributed by atoms with Gasteiger partial charge in [0, 0.05) is 26.9 Å². The van der Waals surface area contributed by atoms with Gasteiger partial charge in [-0.05, 0) is 38.5 Å². The third kappa shape index (κ3) is 7.73. The van der Waals surface area contributed by atoms with Crippen molar-refractivity contribution >= 4 is 23.8 Å². The zero-order valence-corrected chi connectivity index (χ0v) is 18.1. The fourth-order valence-electron chi connectivity index (χ4n) is 2.64. The van der Waals surface area contributed by atoms with Crippen LogP contribution in [0.5, 0.6) is 5.75 Å². The molecule has 1 aromatic carbocycles. The smallest absolute Gasteiger partial charge is 0.344 e. The molecule has 1 atom stereocenters. The van der Waals surface area contributed by atoms with E-state index >= 15 is 0 Å². The first-order valence-corrected chi connectivity index (χ1v) is 9.83. The van der Waals surface area contributed by atoms with E-state index in [1.54, 1.807) is 27.0 Å². The van der Waals surface area contributed by atoms with Gasteiger partial charge in [-0.15, -0.1) is 0 Å². The van der Waals surface area contributed by atoms with E-state index in [0.717, 1.165) is 0 Å². The number of nitrogens with zero attached hydrogens (tertiary/aromatic N) is 1. The number of likely N-dealkylation sites (N-methyl/N-ethyl adjacent to an activating group) is 1. The Morgan fingerprint density at radius 3 is 2.30 bits per heavy atom. The minimum absolute atomic E-state index is 0.122. The molecule has 0 aromatic heterocycles. The van der Waals surface area contributed by atoms with Crippen molar-refractivity contribution in [3.05, 3.63) is 29.3 Å². The summed E-state index contributed by atoms with van der Waals surface area (Å²) in [6, 6.07) is 3.94. The van der Waals surface area contributed by atoms with Crippen molar-refractivity contribution < 1.29 is 33.4 Å². The molecule has 1 unspecified atom stereocenters. The normalized spacial score (nSPS) is 11.2. The molecule has 0 fully saturated rings. The maximum Gasteiger partial charge on any atom is 0.344 e. The molecule has 166 valence electrons. The van der Waals surface area contributed by atoms with Gasteiger partial charge in [0.25, 0.3) is 0 Å². The second kappa shape index (κ2) is 12.5. The number of carbonyl (C=O) groups is 4. The number of hydrogen-bond donors (Lipinski definition) is 1. The molecule has 1 aromatic rings. The van der Waals surface area contributed by atoms with Crippen molar-refractivity contribution in [2.45, 2.75) is 40.2 Å². The summed E-state index contributed by atoms with van der Waals surface area (Å²) < 4.78 is 15.3. The van der Waals surface area contributed by atoms with Gasteiger partial charge in [0.2, 0.25) is 11.8 Å². The van der Waals surface area contributed by atoms with Crippen molar-refractivity contribution in [1.82, 2.24) is 10.2 Å². The predicted molar refractivity (Wildman–Crippen MR) is 109 cm³/mol. The largest absolute Gasteiger partial charge is 0.481 e. The predicted octanol–water partition coefficient (Wildman–Crippen LogP) is 1.33. The zero-order chi connectivity index (χ0) is 22.7. The van der Waals surface area contributed by atoms with E-state index in [2.05, 4.69) is 5.32 Å². The summed E-state index contributed by atoms with van der Waals surface area (Å²) in [6.45, 7) is 7.04. The van der Waals surface area contributed by atoms with E-state index in [0.29, 0.717) is 12.1 Å². The Labute approximate surface area is 176 Å². The van der Waals surface area contributed by atoms with Crippen LogP contribution in [0, 0.1) is 0 Å². The SMILES string of the molecule is CCOC(=O)COc1ccc(CC(NC(C)=O)C(=O)N(C)CC)cc1C(=O)OCC. The van der Waals surface area contributed by atoms with Gasteiger partial charge in [-0.1, -0.05) is 6.07 Å². The van der Waals surface area contributed by atoms with Crippen LogP contribution in [0.15, 0.2) is 18.2 Å². The summed E-state index contributed by atoms with van der Waals surface area (Å²) in [5, 5.41) is 2.65. The maximum atomic E-state index is 12.6. The Hall–Kier alpha value is -3.10. The second-order valence-corrected chi connectivity index (χ2v) is 6.45. The Bertz CT molecular complexity index is 764. The van der Waals surface area contributed by atoms with Gasteiger partial charge in [-0.2, -0.15) is 0 Å². The third-order valence-electron chi connectivity index (χ3n) is 4.16. The molecule has 0 spiro atoms. The molecule has 9 nitrogen and oxygen atoms in total. The molecule has 2 amide bonds. The highest BCUT2D eigenvalue weighted by molar-refractivity contribution is 5.93. The van der Waals surface area contributed by atoms with Crippen LogP contribution in [0.2, 0.25) is 0 Å². The highest BCUT2D eigenvalue weighted by Gasteiger charge is 2.24. The molecule has 0 radical (unpaired) electrons. The molecular weight excluding hydrogens is 392 g/mol. The summed E-state index contributed by atoms with van der Waals surface area (Å²) in [4.78, 5) is 49.6. The van der Waals surface area contributed by atoms with E-state index in [4.69, 9.17) is 14.2 Å². The van der Waals surface area contributed by atoms with Gasteiger partial charge in [0.1, 0.15) is 17.4 Å². The average Bonchev–Trinajstić information content (AvgIpc) is 2.71. The summed E-state index contributed by atoms with van der Waals surface area (Å²) in [6.07, 6.45) is 0.174. The molecule has 9 heteroatoms. The summed E-state index contributed by atoms with van der Waals surface area (Å²) in [7, 11) is 1.65. The highest BCUT2D eigenvalue weighted by atomic mass is 16.6. The maximum absolute atomic E-state index is 12.6. The molecule has 0 heterocycles. The van der Waals surface area contributed by atoms with Crippen molar-refractivity contribution in [1.29, 1.82) is 0 Å². The van der Waals surface area contributed by atoms with Crippen molar-refractivity contribution in [2.24, 2.45) is 0 Å². The summed E-state index contributed by atoms with van der Waals surface area (Å²) in [5.41, 5.74) is 0.745. The van der Waals surface area contributed by atoms with Gasteiger partial charge in [0.05, 0.1) is 13.2 Å². The van der Waals surface area contributed by atoms with Crippen molar-refractivity contribution in [2.75, 3.05) is 33.4 Å². The number of amides is 2. The van der Waals surface area contributed by atoms with Gasteiger partial charge in [-0.25, -0.2) is 9.59 Å². The minimum atomic E-state index is -0.784. The first kappa shape index (κ1) is 24.9. The fourth-order valence-corrected chi connectivity index (χ4v) is 2.64. The number of esters is 2. The summed E-state index contributed by atoms with van der Waals surface area (Å²) >= 11 is 0. The topological polar surface area (TPSA) is 111 Å². The fraction of sp³-hybridized carbons (Fsp3) is 0.524. The minimum Gasteiger partial charge on any atom is -0.481 e. The second-order valence-electron chi connectivity index (χ2n) is 6.45. The number of carbonyl (C=O) groups excluding carboxylic acids is 4. The van der Waals surface area contributed by atoms with E-state index in [1.807, 2.05) is 6.92 Å². The number of ether oxygens (including phenoxy) is 3. The lowest BCUT2D eigenvalue weighted by Crippen LogP contribution is -2.47. The van der Waals surface area contributed by atoms with Crippen LogP contribution in [0.25, 0.3) is 0 Å². The van der Waals surface area contributed by atoms with Gasteiger partial charge >= 0.3 is 11.9 Å². The zero-order valence-electron chi connectivity index (χ0n) is 18.1. The standard InChI is InChI=1S/C21H30N2O7/c1-6-23(5)20(26)17(22-14(4)24)12-15-9-10-18(30-13-19(25)28-7-2)16(11-15)21(27)29-8-3/h9-11,17H,6-8,12-13H2,1-5H3,(H,22,24). The van der Waals surface area contributed by atoms with E-state index in [9.17, 15) is 19.2 Å². The number of hydrogen-bond acceptors (Lipinski definition) is 7. The molecule has 0 aliphatic heterocycles. The van der Waals surface area contributed by atoms with Crippen LogP contribution < -0.4 is 10.1 Å².